The minimum Gasteiger partial charge on any atom is -0.398 e. The average molecular weight is 310 g/mol. The quantitative estimate of drug-likeness (QED) is 0.629. The summed E-state index contributed by atoms with van der Waals surface area (Å²) in [5.74, 6) is -1.21. The summed E-state index contributed by atoms with van der Waals surface area (Å²) in [6.07, 6.45) is 0. The van der Waals surface area contributed by atoms with Gasteiger partial charge in [0.25, 0.3) is 5.91 Å². The van der Waals surface area contributed by atoms with Crippen LogP contribution in [0.15, 0.2) is 59.8 Å². The van der Waals surface area contributed by atoms with Gasteiger partial charge in [0.1, 0.15) is 13.7 Å². The Morgan fingerprint density at radius 3 is 2.57 bits per heavy atom. The zero-order valence-electron chi connectivity index (χ0n) is 12.4. The summed E-state index contributed by atoms with van der Waals surface area (Å²) in [6, 6.07) is 15.6. The molecule has 0 saturated heterocycles. The fourth-order valence-corrected chi connectivity index (χ4v) is 2.31. The van der Waals surface area contributed by atoms with Crippen LogP contribution in [0.1, 0.15) is 21.5 Å². The third-order valence-corrected chi connectivity index (χ3v) is 3.40. The predicted octanol–water partition coefficient (Wildman–Crippen LogP) is 2.15. The number of carbonyl (C=O) groups is 2. The van der Waals surface area contributed by atoms with E-state index < -0.39 is 11.8 Å². The molecular weight excluding hydrogens is 296 g/mol. The highest BCUT2D eigenvalue weighted by molar-refractivity contribution is 6.47. The Kier molecular flexibility index (Phi) is 4.16. The van der Waals surface area contributed by atoms with Crippen molar-refractivity contribution in [2.45, 2.75) is 6.61 Å². The first-order valence-electron chi connectivity index (χ1n) is 6.98. The van der Waals surface area contributed by atoms with E-state index >= 15 is 0 Å². The summed E-state index contributed by atoms with van der Waals surface area (Å²) in [4.78, 5) is 35.4. The molecular formula is C17H14N2O4. The Morgan fingerprint density at radius 1 is 1.13 bits per heavy atom. The molecule has 0 radical (unpaired) electrons. The van der Waals surface area contributed by atoms with Crippen molar-refractivity contribution in [3.8, 4) is 0 Å². The molecule has 0 N–H and O–H groups in total. The molecule has 0 spiro atoms. The van der Waals surface area contributed by atoms with Gasteiger partial charge in [-0.15, -0.1) is 5.06 Å². The van der Waals surface area contributed by atoms with Crippen molar-refractivity contribution in [1.29, 1.82) is 0 Å². The molecule has 1 aliphatic rings. The van der Waals surface area contributed by atoms with Crippen LogP contribution in [-0.4, -0.2) is 29.7 Å². The fourth-order valence-electron chi connectivity index (χ4n) is 2.31. The van der Waals surface area contributed by atoms with Gasteiger partial charge >= 0.3 is 5.91 Å². The Morgan fingerprint density at radius 2 is 1.83 bits per heavy atom. The third kappa shape index (κ3) is 2.84. The minimum absolute atomic E-state index is 0.0323. The number of amides is 2. The molecule has 2 amide bonds. The van der Waals surface area contributed by atoms with Crippen LogP contribution in [0.4, 0.5) is 0 Å². The van der Waals surface area contributed by atoms with E-state index in [-0.39, 0.29) is 12.3 Å². The number of hydrogen-bond donors (Lipinski definition) is 0. The second kappa shape index (κ2) is 6.41. The summed E-state index contributed by atoms with van der Waals surface area (Å²) in [7, 11) is 1.35. The number of oxime groups is 1. The molecule has 1 aliphatic heterocycles. The van der Waals surface area contributed by atoms with Crippen molar-refractivity contribution in [3.05, 3.63) is 71.3 Å². The molecule has 0 fully saturated rings. The van der Waals surface area contributed by atoms with Crippen molar-refractivity contribution in [2.24, 2.45) is 5.16 Å². The van der Waals surface area contributed by atoms with Gasteiger partial charge in [0.05, 0.1) is 0 Å². The molecule has 3 rings (SSSR count). The van der Waals surface area contributed by atoms with Crippen molar-refractivity contribution in [2.75, 3.05) is 7.11 Å². The number of hydroxylamine groups is 2. The second-order valence-electron chi connectivity index (χ2n) is 4.82. The molecule has 6 heteroatoms. The fraction of sp³-hybridized carbons (Fsp3) is 0.118. The van der Waals surface area contributed by atoms with Gasteiger partial charge in [-0.3, -0.25) is 14.4 Å². The number of hydrogen-bond acceptors (Lipinski definition) is 5. The van der Waals surface area contributed by atoms with Crippen LogP contribution in [-0.2, 0) is 21.1 Å². The molecule has 6 nitrogen and oxygen atoms in total. The lowest BCUT2D eigenvalue weighted by Crippen LogP contribution is -2.39. The van der Waals surface area contributed by atoms with Crippen LogP contribution >= 0.6 is 0 Å². The van der Waals surface area contributed by atoms with E-state index in [9.17, 15) is 9.59 Å². The molecule has 0 unspecified atom stereocenters. The number of fused-ring (bicyclic) bond motifs is 1. The van der Waals surface area contributed by atoms with E-state index in [1.54, 1.807) is 42.5 Å². The molecule has 0 atom stereocenters. The monoisotopic (exact) mass is 310 g/mol. The van der Waals surface area contributed by atoms with Gasteiger partial charge in [-0.2, -0.15) is 0 Å². The van der Waals surface area contributed by atoms with E-state index in [4.69, 9.17) is 9.68 Å². The number of nitrogens with zero attached hydrogens (tertiary/aromatic N) is 2. The van der Waals surface area contributed by atoms with Crippen molar-refractivity contribution >= 4 is 17.5 Å². The summed E-state index contributed by atoms with van der Waals surface area (Å²) < 4.78 is 0. The first kappa shape index (κ1) is 14.9. The number of rotatable bonds is 2. The topological polar surface area (TPSA) is 68.2 Å². The zero-order valence-corrected chi connectivity index (χ0v) is 12.4. The molecule has 2 aromatic carbocycles. The SMILES string of the molecule is CO/N=C1/C(=O)N(C(=O)c2ccccc2)OCc2ccccc21. The molecule has 116 valence electrons. The Labute approximate surface area is 132 Å². The van der Waals surface area contributed by atoms with Gasteiger partial charge < -0.3 is 4.84 Å². The van der Waals surface area contributed by atoms with Crippen LogP contribution < -0.4 is 0 Å². The maximum Gasteiger partial charge on any atom is 0.307 e. The largest absolute Gasteiger partial charge is 0.398 e. The van der Waals surface area contributed by atoms with Crippen LogP contribution in [0.3, 0.4) is 0 Å². The number of imide groups is 1. The van der Waals surface area contributed by atoms with Gasteiger partial charge in [0.15, 0.2) is 5.71 Å². The highest BCUT2D eigenvalue weighted by Crippen LogP contribution is 2.20. The van der Waals surface area contributed by atoms with Crippen LogP contribution in [0, 0.1) is 0 Å². The van der Waals surface area contributed by atoms with E-state index in [0.717, 1.165) is 10.6 Å². The van der Waals surface area contributed by atoms with Crippen molar-refractivity contribution in [3.63, 3.8) is 0 Å². The van der Waals surface area contributed by atoms with Crippen molar-refractivity contribution < 1.29 is 19.3 Å². The Balaban J connectivity index is 2.01. The average Bonchev–Trinajstić information content (AvgIpc) is 2.73. The molecule has 23 heavy (non-hydrogen) atoms. The molecule has 0 saturated carbocycles. The number of carbonyl (C=O) groups excluding carboxylic acids is 2. The lowest BCUT2D eigenvalue weighted by Gasteiger charge is -2.17. The summed E-state index contributed by atoms with van der Waals surface area (Å²) >= 11 is 0. The van der Waals surface area contributed by atoms with Gasteiger partial charge in [0, 0.05) is 11.1 Å². The summed E-state index contributed by atoms with van der Waals surface area (Å²) in [5.41, 5.74) is 1.72. The van der Waals surface area contributed by atoms with E-state index in [1.807, 2.05) is 12.1 Å². The van der Waals surface area contributed by atoms with Crippen molar-refractivity contribution in [1.82, 2.24) is 5.06 Å². The lowest BCUT2D eigenvalue weighted by atomic mass is 10.0. The van der Waals surface area contributed by atoms with Gasteiger partial charge in [0.2, 0.25) is 0 Å². The summed E-state index contributed by atoms with van der Waals surface area (Å²) in [6.45, 7) is 0.0865. The predicted molar refractivity (Wildman–Crippen MR) is 82.4 cm³/mol. The molecule has 0 bridgehead atoms. The van der Waals surface area contributed by atoms with E-state index in [0.29, 0.717) is 11.1 Å². The first-order chi connectivity index (χ1) is 11.2. The zero-order chi connectivity index (χ0) is 16.2. The van der Waals surface area contributed by atoms with E-state index in [1.165, 1.54) is 7.11 Å². The Bertz CT molecular complexity index is 771. The van der Waals surface area contributed by atoms with Crippen LogP contribution in [0.5, 0.6) is 0 Å². The summed E-state index contributed by atoms with van der Waals surface area (Å²) in [5, 5.41) is 4.51. The van der Waals surface area contributed by atoms with Gasteiger partial charge in [-0.05, 0) is 17.7 Å². The van der Waals surface area contributed by atoms with Crippen LogP contribution in [0.25, 0.3) is 0 Å². The highest BCUT2D eigenvalue weighted by atomic mass is 16.7. The standard InChI is InChI=1S/C17H14N2O4/c1-22-18-15-14-10-6-5-9-13(14)11-23-19(17(15)21)16(20)12-7-3-2-4-8-12/h2-10H,11H2,1H3/b18-15+. The van der Waals surface area contributed by atoms with E-state index in [2.05, 4.69) is 5.16 Å². The Hall–Kier alpha value is -2.99. The van der Waals surface area contributed by atoms with Gasteiger partial charge in [-0.25, -0.2) is 0 Å². The smallest absolute Gasteiger partial charge is 0.307 e. The van der Waals surface area contributed by atoms with Crippen LogP contribution in [0.2, 0.25) is 0 Å². The normalized spacial score (nSPS) is 16.0. The molecule has 1 heterocycles. The third-order valence-electron chi connectivity index (χ3n) is 3.40. The second-order valence-corrected chi connectivity index (χ2v) is 4.82. The minimum atomic E-state index is -0.661. The highest BCUT2D eigenvalue weighted by Gasteiger charge is 2.33. The maximum absolute atomic E-state index is 12.7. The first-order valence-corrected chi connectivity index (χ1v) is 6.98. The molecule has 2 aromatic rings. The molecule has 0 aliphatic carbocycles. The van der Waals surface area contributed by atoms with Gasteiger partial charge in [-0.1, -0.05) is 47.6 Å². The molecule has 0 aromatic heterocycles. The lowest BCUT2D eigenvalue weighted by molar-refractivity contribution is -0.165. The maximum atomic E-state index is 12.7. The number of benzene rings is 2.